The number of hydrogen-bond donors (Lipinski definition) is 0. The van der Waals surface area contributed by atoms with Crippen molar-refractivity contribution in [3.8, 4) is 0 Å². The van der Waals surface area contributed by atoms with Gasteiger partial charge in [-0.25, -0.2) is 0 Å². The van der Waals surface area contributed by atoms with E-state index in [1.54, 1.807) is 0 Å². The van der Waals surface area contributed by atoms with Gasteiger partial charge in [-0.1, -0.05) is 46.2 Å². The van der Waals surface area contributed by atoms with Crippen molar-refractivity contribution < 1.29 is 0 Å². The van der Waals surface area contributed by atoms with Gasteiger partial charge in [0.15, 0.2) is 5.00 Å². The molecule has 0 aliphatic heterocycles. The van der Waals surface area contributed by atoms with Gasteiger partial charge in [0.25, 0.3) is 0 Å². The summed E-state index contributed by atoms with van der Waals surface area (Å²) < 4.78 is 0. The van der Waals surface area contributed by atoms with Crippen molar-refractivity contribution >= 4 is 11.6 Å². The lowest BCUT2D eigenvalue weighted by atomic mass is 9.67. The third-order valence-corrected chi connectivity index (χ3v) is 6.78. The number of rotatable bonds is 1. The van der Waals surface area contributed by atoms with Crippen molar-refractivity contribution in [3.63, 3.8) is 0 Å². The van der Waals surface area contributed by atoms with Crippen molar-refractivity contribution in [2.45, 2.75) is 52.5 Å². The summed E-state index contributed by atoms with van der Waals surface area (Å²) in [6.07, 6.45) is 2.18. The Morgan fingerprint density at radius 1 is 1.13 bits per heavy atom. The highest BCUT2D eigenvalue weighted by Gasteiger charge is 2.78. The van der Waals surface area contributed by atoms with E-state index in [9.17, 15) is 4.91 Å². The van der Waals surface area contributed by atoms with Gasteiger partial charge in [-0.2, -0.15) is 0 Å². The standard InChI is InChI=1S/C12H20ClNO/c1-9(2)8-6-7-11(9,5)12(13,14-15)10(8,3)4/h8H,6-7H2,1-5H3/t8-,11+,12?/m0/s1. The highest BCUT2D eigenvalue weighted by Crippen LogP contribution is 2.78. The predicted molar refractivity (Wildman–Crippen MR) is 62.8 cm³/mol. The molecule has 0 amide bonds. The van der Waals surface area contributed by atoms with Gasteiger partial charge < -0.3 is 0 Å². The average Bonchev–Trinajstić information content (AvgIpc) is 2.40. The Bertz CT molecular complexity index is 326. The number of halogens is 1. The lowest BCUT2D eigenvalue weighted by Gasteiger charge is -2.45. The van der Waals surface area contributed by atoms with Crippen LogP contribution >= 0.6 is 11.6 Å². The monoisotopic (exact) mass is 229 g/mol. The van der Waals surface area contributed by atoms with Crippen molar-refractivity contribution in [2.75, 3.05) is 0 Å². The molecule has 0 heterocycles. The molecule has 2 fully saturated rings. The highest BCUT2D eigenvalue weighted by molar-refractivity contribution is 6.25. The summed E-state index contributed by atoms with van der Waals surface area (Å²) in [5.41, 5.74) is -0.267. The van der Waals surface area contributed by atoms with Crippen molar-refractivity contribution in [1.82, 2.24) is 0 Å². The molecule has 0 radical (unpaired) electrons. The maximum atomic E-state index is 11.2. The minimum Gasteiger partial charge on any atom is -0.149 e. The molecule has 0 aromatic heterocycles. The molecule has 3 heteroatoms. The maximum Gasteiger partial charge on any atom is 0.186 e. The van der Waals surface area contributed by atoms with Crippen LogP contribution in [-0.4, -0.2) is 5.00 Å². The zero-order valence-corrected chi connectivity index (χ0v) is 11.0. The van der Waals surface area contributed by atoms with Crippen LogP contribution in [0.1, 0.15) is 47.5 Å². The molecule has 2 saturated carbocycles. The molecule has 15 heavy (non-hydrogen) atoms. The maximum absolute atomic E-state index is 11.2. The normalized spacial score (nSPS) is 50.7. The van der Waals surface area contributed by atoms with Crippen LogP contribution in [0.25, 0.3) is 0 Å². The van der Waals surface area contributed by atoms with Gasteiger partial charge in [-0.05, 0) is 29.4 Å². The fraction of sp³-hybridized carbons (Fsp3) is 1.00. The first kappa shape index (κ1) is 11.4. The van der Waals surface area contributed by atoms with Crippen LogP contribution in [0.2, 0.25) is 0 Å². The summed E-state index contributed by atoms with van der Waals surface area (Å²) in [5.74, 6) is 0.491. The number of nitroso groups, excluding NO2 is 1. The second kappa shape index (κ2) is 2.58. The van der Waals surface area contributed by atoms with Gasteiger partial charge in [0.2, 0.25) is 0 Å². The third-order valence-electron chi connectivity index (χ3n) is 5.81. The summed E-state index contributed by atoms with van der Waals surface area (Å²) in [4.78, 5) is 10.3. The molecular weight excluding hydrogens is 210 g/mol. The van der Waals surface area contributed by atoms with E-state index in [1.165, 1.54) is 6.42 Å². The lowest BCUT2D eigenvalue weighted by Crippen LogP contribution is -2.48. The number of alkyl halides is 1. The lowest BCUT2D eigenvalue weighted by molar-refractivity contribution is 0.0972. The van der Waals surface area contributed by atoms with E-state index >= 15 is 0 Å². The molecule has 2 aliphatic rings. The molecule has 0 aromatic rings. The molecular formula is C12H20ClNO. The van der Waals surface area contributed by atoms with Gasteiger partial charge in [0.05, 0.1) is 0 Å². The summed E-state index contributed by atoms with van der Waals surface area (Å²) in [6.45, 7) is 10.8. The minimum absolute atomic E-state index is 0.103. The first-order chi connectivity index (χ1) is 6.65. The molecule has 0 N–H and O–H groups in total. The summed E-state index contributed by atoms with van der Waals surface area (Å²) >= 11 is 6.59. The summed E-state index contributed by atoms with van der Waals surface area (Å²) in [6, 6.07) is 0. The Labute approximate surface area is 96.7 Å². The van der Waals surface area contributed by atoms with Crippen molar-refractivity contribution in [1.29, 1.82) is 0 Å². The molecule has 2 nitrogen and oxygen atoms in total. The second-order valence-corrected chi connectivity index (χ2v) is 7.13. The van der Waals surface area contributed by atoms with Crippen LogP contribution in [-0.2, 0) is 0 Å². The highest BCUT2D eigenvalue weighted by atomic mass is 35.5. The van der Waals surface area contributed by atoms with E-state index in [1.807, 2.05) is 0 Å². The van der Waals surface area contributed by atoms with E-state index in [4.69, 9.17) is 11.6 Å². The number of fused-ring (bicyclic) bond motifs is 2. The van der Waals surface area contributed by atoms with Crippen LogP contribution < -0.4 is 0 Å². The predicted octanol–water partition coefficient (Wildman–Crippen LogP) is 4.17. The average molecular weight is 230 g/mol. The van der Waals surface area contributed by atoms with Gasteiger partial charge in [-0.15, -0.1) is 4.91 Å². The molecule has 2 aliphatic carbocycles. The Hall–Kier alpha value is -0.110. The SMILES string of the molecule is CC1(C)[C@H]2CC[C@](C)(C2(C)C)C1(Cl)N=O. The van der Waals surface area contributed by atoms with E-state index in [-0.39, 0.29) is 16.2 Å². The third kappa shape index (κ3) is 0.856. The Morgan fingerprint density at radius 3 is 1.93 bits per heavy atom. The van der Waals surface area contributed by atoms with Gasteiger partial charge >= 0.3 is 0 Å². The summed E-state index contributed by atoms with van der Waals surface area (Å²) in [7, 11) is 0. The largest absolute Gasteiger partial charge is 0.186 e. The fourth-order valence-corrected chi connectivity index (χ4v) is 4.99. The van der Waals surface area contributed by atoms with Crippen LogP contribution in [0.5, 0.6) is 0 Å². The minimum atomic E-state index is -0.938. The second-order valence-electron chi connectivity index (χ2n) is 6.58. The molecule has 0 saturated heterocycles. The van der Waals surface area contributed by atoms with Crippen LogP contribution in [0, 0.1) is 27.1 Å². The van der Waals surface area contributed by atoms with Crippen molar-refractivity contribution in [3.05, 3.63) is 4.91 Å². The quantitative estimate of drug-likeness (QED) is 0.377. The van der Waals surface area contributed by atoms with Gasteiger partial charge in [-0.3, -0.25) is 0 Å². The number of hydrogen-bond acceptors (Lipinski definition) is 2. The zero-order chi connectivity index (χ0) is 11.7. The Morgan fingerprint density at radius 2 is 1.67 bits per heavy atom. The zero-order valence-electron chi connectivity index (χ0n) is 10.2. The Balaban J connectivity index is 2.66. The topological polar surface area (TPSA) is 29.4 Å². The molecule has 3 atom stereocenters. The van der Waals surface area contributed by atoms with Crippen LogP contribution in [0.4, 0.5) is 0 Å². The van der Waals surface area contributed by atoms with Gasteiger partial charge in [0, 0.05) is 10.8 Å². The summed E-state index contributed by atoms with van der Waals surface area (Å²) in [5, 5.41) is 3.34. The number of nitrogens with zero attached hydrogens (tertiary/aromatic N) is 1. The van der Waals surface area contributed by atoms with Gasteiger partial charge in [0.1, 0.15) is 0 Å². The fourth-order valence-electron chi connectivity index (χ4n) is 4.52. The molecule has 86 valence electrons. The van der Waals surface area contributed by atoms with Crippen LogP contribution in [0.3, 0.4) is 0 Å². The van der Waals surface area contributed by atoms with Crippen molar-refractivity contribution in [2.24, 2.45) is 27.3 Å². The molecule has 0 aromatic carbocycles. The van der Waals surface area contributed by atoms with E-state index < -0.39 is 5.00 Å². The smallest absolute Gasteiger partial charge is 0.149 e. The Kier molecular flexibility index (Phi) is 1.96. The van der Waals surface area contributed by atoms with E-state index in [2.05, 4.69) is 39.8 Å². The molecule has 1 unspecified atom stereocenters. The van der Waals surface area contributed by atoms with Crippen LogP contribution in [0.15, 0.2) is 5.18 Å². The molecule has 0 spiro atoms. The van der Waals surface area contributed by atoms with E-state index in [0.717, 1.165) is 6.42 Å². The first-order valence-corrected chi connectivity index (χ1v) is 6.06. The molecule has 2 bridgehead atoms. The van der Waals surface area contributed by atoms with E-state index in [0.29, 0.717) is 5.92 Å². The first-order valence-electron chi connectivity index (χ1n) is 5.68. The molecule has 2 rings (SSSR count).